The van der Waals surface area contributed by atoms with Crippen molar-refractivity contribution in [1.29, 1.82) is 0 Å². The number of benzene rings is 1. The number of primary amides is 1. The first-order valence-corrected chi connectivity index (χ1v) is 11.9. The van der Waals surface area contributed by atoms with E-state index in [2.05, 4.69) is 21.4 Å². The van der Waals surface area contributed by atoms with E-state index in [0.717, 1.165) is 34.3 Å². The zero-order chi connectivity index (χ0) is 25.0. The molecule has 2 amide bonds. The number of pyridine rings is 2. The van der Waals surface area contributed by atoms with Crippen LogP contribution in [0, 0.1) is 30.5 Å². The number of allylic oxidation sites excluding steroid dienone is 1. The summed E-state index contributed by atoms with van der Waals surface area (Å²) in [6.07, 6.45) is 10.1. The van der Waals surface area contributed by atoms with Crippen molar-refractivity contribution in [3.63, 3.8) is 0 Å². The molecular weight excluding hydrogens is 457 g/mol. The minimum Gasteiger partial charge on any atom is -0.369 e. The Bertz CT molecular complexity index is 1560. The molecule has 3 aromatic heterocycles. The average Bonchev–Trinajstić information content (AvgIpc) is 3.60. The Morgan fingerprint density at radius 1 is 1.08 bits per heavy atom. The molecule has 1 aromatic carbocycles. The van der Waals surface area contributed by atoms with Gasteiger partial charge in [0.05, 0.1) is 23.3 Å². The van der Waals surface area contributed by atoms with E-state index in [0.29, 0.717) is 5.56 Å². The van der Waals surface area contributed by atoms with E-state index in [9.17, 15) is 14.0 Å². The fourth-order valence-corrected chi connectivity index (χ4v) is 5.62. The molecule has 1 saturated carbocycles. The average molecular weight is 482 g/mol. The lowest BCUT2D eigenvalue weighted by atomic mass is 9.88. The lowest BCUT2D eigenvalue weighted by Crippen LogP contribution is -2.48. The first kappa shape index (κ1) is 22.2. The summed E-state index contributed by atoms with van der Waals surface area (Å²) in [5, 5.41) is 3.01. The van der Waals surface area contributed by atoms with Crippen LogP contribution < -0.4 is 11.1 Å². The molecule has 1 fully saturated rings. The summed E-state index contributed by atoms with van der Waals surface area (Å²) in [5.41, 5.74) is 10.3. The van der Waals surface area contributed by atoms with Crippen LogP contribution in [0.3, 0.4) is 0 Å². The van der Waals surface area contributed by atoms with E-state index < -0.39 is 11.8 Å². The maximum atomic E-state index is 13.8. The van der Waals surface area contributed by atoms with Crippen LogP contribution in [0.15, 0.2) is 73.2 Å². The van der Waals surface area contributed by atoms with Gasteiger partial charge in [-0.2, -0.15) is 0 Å². The number of rotatable bonds is 5. The van der Waals surface area contributed by atoms with Crippen molar-refractivity contribution in [3.05, 3.63) is 90.4 Å². The fourth-order valence-electron chi connectivity index (χ4n) is 5.62. The number of hydrogen-bond acceptors (Lipinski definition) is 4. The zero-order valence-electron chi connectivity index (χ0n) is 19.6. The van der Waals surface area contributed by atoms with Gasteiger partial charge >= 0.3 is 0 Å². The van der Waals surface area contributed by atoms with E-state index in [1.54, 1.807) is 42.0 Å². The second-order valence-electron chi connectivity index (χ2n) is 9.53. The highest BCUT2D eigenvalue weighted by Gasteiger charge is 2.48. The van der Waals surface area contributed by atoms with Gasteiger partial charge in [-0.05, 0) is 72.7 Å². The molecule has 2 aliphatic rings. The fraction of sp³-hybridized carbons (Fsp3) is 0.214. The Kier molecular flexibility index (Phi) is 5.17. The Hall–Kier alpha value is -4.33. The first-order valence-electron chi connectivity index (χ1n) is 11.9. The van der Waals surface area contributed by atoms with Gasteiger partial charge in [0.25, 0.3) is 5.91 Å². The molecular formula is C28H24FN5O2. The van der Waals surface area contributed by atoms with Crippen molar-refractivity contribution in [1.82, 2.24) is 19.7 Å². The molecule has 36 heavy (non-hydrogen) atoms. The molecule has 0 radical (unpaired) electrons. The third-order valence-corrected chi connectivity index (χ3v) is 7.37. The number of aryl methyl sites for hydroxylation is 1. The van der Waals surface area contributed by atoms with Gasteiger partial charge in [-0.15, -0.1) is 0 Å². The topological polar surface area (TPSA) is 102 Å². The van der Waals surface area contributed by atoms with Crippen molar-refractivity contribution < 1.29 is 14.0 Å². The molecule has 0 spiro atoms. The van der Waals surface area contributed by atoms with E-state index in [-0.39, 0.29) is 35.4 Å². The predicted octanol–water partition coefficient (Wildman–Crippen LogP) is 3.92. The second kappa shape index (κ2) is 8.41. The van der Waals surface area contributed by atoms with Crippen molar-refractivity contribution in [2.24, 2.45) is 23.5 Å². The van der Waals surface area contributed by atoms with Gasteiger partial charge in [-0.1, -0.05) is 18.2 Å². The molecule has 0 aliphatic heterocycles. The van der Waals surface area contributed by atoms with Gasteiger partial charge in [0.2, 0.25) is 11.7 Å². The third-order valence-electron chi connectivity index (χ3n) is 7.37. The zero-order valence-corrected chi connectivity index (χ0v) is 19.6. The number of amides is 2. The van der Waals surface area contributed by atoms with Crippen LogP contribution in [0.1, 0.15) is 22.6 Å². The largest absolute Gasteiger partial charge is 0.369 e. The molecule has 8 heteroatoms. The predicted molar refractivity (Wildman–Crippen MR) is 133 cm³/mol. The van der Waals surface area contributed by atoms with Crippen molar-refractivity contribution in [2.75, 3.05) is 0 Å². The molecule has 4 aromatic rings. The highest BCUT2D eigenvalue weighted by atomic mass is 19.1. The summed E-state index contributed by atoms with van der Waals surface area (Å²) in [5.74, 6) is -0.967. The van der Waals surface area contributed by atoms with E-state index in [1.165, 1.54) is 6.07 Å². The molecule has 6 rings (SSSR count). The molecule has 3 heterocycles. The SMILES string of the molecule is Cc1cc(-c2ncccc2-c2ccn3c(C(=O)N[C@@H]4[C@H]5C=CC(C5)[C@@H]4C(N)=O)ncc3c2)ccc1F. The smallest absolute Gasteiger partial charge is 0.287 e. The van der Waals surface area contributed by atoms with Gasteiger partial charge in [-0.25, -0.2) is 9.37 Å². The maximum Gasteiger partial charge on any atom is 0.287 e. The molecule has 4 atom stereocenters. The summed E-state index contributed by atoms with van der Waals surface area (Å²) in [6, 6.07) is 12.3. The highest BCUT2D eigenvalue weighted by Crippen LogP contribution is 2.43. The van der Waals surface area contributed by atoms with E-state index >= 15 is 0 Å². The van der Waals surface area contributed by atoms with Crippen LogP contribution in [-0.2, 0) is 4.79 Å². The number of nitrogens with zero attached hydrogens (tertiary/aromatic N) is 3. The standard InChI is InChI=1S/C28H24FN5O2/c1-15-11-18(6-7-22(15)29)24-21(3-2-9-31-24)16-8-10-34-20(13-16)14-32-27(34)28(36)33-25-19-5-4-17(12-19)23(25)26(30)35/h2-11,13-14,17,19,23,25H,12H2,1H3,(H2,30,35)(H,33,36)/t17?,19-,23-,25+/m0/s1. The molecule has 1 unspecified atom stereocenters. The summed E-state index contributed by atoms with van der Waals surface area (Å²) in [7, 11) is 0. The number of carbonyl (C=O) groups is 2. The summed E-state index contributed by atoms with van der Waals surface area (Å²) in [6.45, 7) is 1.73. The minimum absolute atomic E-state index is 0.0796. The normalized spacial score (nSPS) is 22.3. The van der Waals surface area contributed by atoms with Crippen LogP contribution in [0.5, 0.6) is 0 Å². The molecule has 2 bridgehead atoms. The van der Waals surface area contributed by atoms with Crippen LogP contribution in [0.4, 0.5) is 4.39 Å². The molecule has 2 aliphatic carbocycles. The molecule has 0 saturated heterocycles. The lowest BCUT2D eigenvalue weighted by molar-refractivity contribution is -0.123. The van der Waals surface area contributed by atoms with Crippen LogP contribution >= 0.6 is 0 Å². The first-order chi connectivity index (χ1) is 17.4. The number of fused-ring (bicyclic) bond motifs is 3. The van der Waals surface area contributed by atoms with Gasteiger partial charge in [0, 0.05) is 29.6 Å². The molecule has 3 N–H and O–H groups in total. The number of hydrogen-bond donors (Lipinski definition) is 2. The van der Waals surface area contributed by atoms with E-state index in [1.807, 2.05) is 30.3 Å². The van der Waals surface area contributed by atoms with Crippen LogP contribution in [0.2, 0.25) is 0 Å². The van der Waals surface area contributed by atoms with Crippen LogP contribution in [-0.4, -0.2) is 32.2 Å². The summed E-state index contributed by atoms with van der Waals surface area (Å²) >= 11 is 0. The Morgan fingerprint density at radius 3 is 2.72 bits per heavy atom. The Morgan fingerprint density at radius 2 is 1.92 bits per heavy atom. The van der Waals surface area contributed by atoms with Gasteiger partial charge in [0.15, 0.2) is 0 Å². The monoisotopic (exact) mass is 481 g/mol. The number of nitrogens with one attached hydrogen (secondary N) is 1. The van der Waals surface area contributed by atoms with Gasteiger partial charge < -0.3 is 11.1 Å². The number of aromatic nitrogens is 3. The quantitative estimate of drug-likeness (QED) is 0.422. The number of carbonyl (C=O) groups excluding carboxylic acids is 2. The summed E-state index contributed by atoms with van der Waals surface area (Å²) < 4.78 is 15.5. The lowest BCUT2D eigenvalue weighted by Gasteiger charge is -2.26. The van der Waals surface area contributed by atoms with E-state index in [4.69, 9.17) is 5.73 Å². The highest BCUT2D eigenvalue weighted by molar-refractivity contribution is 5.93. The number of halogens is 1. The molecule has 180 valence electrons. The third kappa shape index (κ3) is 3.57. The minimum atomic E-state index is -0.402. The number of nitrogens with two attached hydrogens (primary N) is 1. The van der Waals surface area contributed by atoms with Crippen molar-refractivity contribution in [3.8, 4) is 22.4 Å². The second-order valence-corrected chi connectivity index (χ2v) is 9.53. The van der Waals surface area contributed by atoms with Crippen molar-refractivity contribution in [2.45, 2.75) is 19.4 Å². The Balaban J connectivity index is 1.31. The van der Waals surface area contributed by atoms with Crippen LogP contribution in [0.25, 0.3) is 27.9 Å². The van der Waals surface area contributed by atoms with Gasteiger partial charge in [-0.3, -0.25) is 19.0 Å². The maximum absolute atomic E-state index is 13.8. The molecule has 7 nitrogen and oxygen atoms in total. The van der Waals surface area contributed by atoms with Crippen molar-refractivity contribution >= 4 is 17.3 Å². The van der Waals surface area contributed by atoms with Gasteiger partial charge in [0.1, 0.15) is 5.82 Å². The summed E-state index contributed by atoms with van der Waals surface area (Å²) in [4.78, 5) is 34.1. The number of imidazole rings is 1. The Labute approximate surface area is 206 Å².